The van der Waals surface area contributed by atoms with Gasteiger partial charge in [0.2, 0.25) is 0 Å². The minimum atomic E-state index is -6.00. The van der Waals surface area contributed by atoms with Crippen molar-refractivity contribution in [3.05, 3.63) is 0 Å². The van der Waals surface area contributed by atoms with Gasteiger partial charge in [0.05, 0.1) is 0 Å². The van der Waals surface area contributed by atoms with Gasteiger partial charge >= 0.3 is 14.5 Å². The minimum Gasteiger partial charge on any atom is -0.418 e. The Hall–Kier alpha value is -0.220. The van der Waals surface area contributed by atoms with Gasteiger partial charge in [-0.2, -0.15) is 0 Å². The quantitative estimate of drug-likeness (QED) is 0.243. The van der Waals surface area contributed by atoms with E-state index in [1.54, 1.807) is 4.90 Å². The normalized spacial score (nSPS) is 28.9. The van der Waals surface area contributed by atoms with E-state index in [-0.39, 0.29) is 0 Å². The first-order chi connectivity index (χ1) is 8.85. The maximum atomic E-state index is 9.75. The van der Waals surface area contributed by atoms with Gasteiger partial charge in [0.15, 0.2) is 6.00 Å². The predicted octanol–water partition coefficient (Wildman–Crippen LogP) is 1.51. The van der Waals surface area contributed by atoms with Gasteiger partial charge in [0, 0.05) is 0 Å². The summed E-state index contributed by atoms with van der Waals surface area (Å²) in [5, 5.41) is 0. The van der Waals surface area contributed by atoms with E-state index in [9.17, 15) is 34.5 Å². The van der Waals surface area contributed by atoms with Crippen LogP contribution in [0.5, 0.6) is 0 Å². The van der Waals surface area contributed by atoms with E-state index in [0.717, 1.165) is 6.00 Å². The second-order valence-corrected chi connectivity index (χ2v) is 4.86. The molecule has 3 aliphatic heterocycles. The van der Waals surface area contributed by atoms with Crippen molar-refractivity contribution in [2.75, 3.05) is 45.3 Å². The summed E-state index contributed by atoms with van der Waals surface area (Å²) >= 11 is 5.92. The van der Waals surface area contributed by atoms with Crippen molar-refractivity contribution in [3.8, 4) is 0 Å². The number of nitrogens with one attached hydrogen (secondary N) is 1. The Morgan fingerprint density at radius 1 is 0.750 bits per heavy atom. The predicted molar refractivity (Wildman–Crippen MR) is 61.5 cm³/mol. The van der Waals surface area contributed by atoms with E-state index < -0.39 is 14.5 Å². The van der Waals surface area contributed by atoms with Crippen LogP contribution in [0.25, 0.3) is 0 Å². The second-order valence-electron chi connectivity index (χ2n) is 4.62. The monoisotopic (exact) mass is 336 g/mol. The lowest BCUT2D eigenvalue weighted by Crippen LogP contribution is -3.19. The Bertz CT molecular complexity index is 241. The van der Waals surface area contributed by atoms with Crippen LogP contribution >= 0.6 is 11.6 Å². The summed E-state index contributed by atoms with van der Waals surface area (Å²) in [6.07, 6.45) is 0. The molecule has 122 valence electrons. The molecule has 0 aromatic heterocycles. The molecular weight excluding hydrogens is 321 g/mol. The molecule has 3 heterocycles. The fourth-order valence-corrected chi connectivity index (χ4v) is 2.43. The fourth-order valence-electron chi connectivity index (χ4n) is 2.08. The smallest absolute Gasteiger partial charge is 0.418 e. The number of rotatable bonds is 1. The van der Waals surface area contributed by atoms with Crippen LogP contribution in [0, 0.1) is 0 Å². The van der Waals surface area contributed by atoms with Gasteiger partial charge in [-0.15, -0.1) is 0 Å². The average molecular weight is 336 g/mol. The highest BCUT2D eigenvalue weighted by atomic mass is 35.5. The van der Waals surface area contributed by atoms with E-state index in [1.807, 2.05) is 0 Å². The van der Waals surface area contributed by atoms with Crippen LogP contribution in [-0.4, -0.2) is 64.3 Å². The van der Waals surface area contributed by atoms with Gasteiger partial charge in [-0.1, -0.05) is 11.6 Å². The molecule has 0 aromatic rings. The first-order valence-electron chi connectivity index (χ1n) is 5.84. The molecule has 2 bridgehead atoms. The summed E-state index contributed by atoms with van der Waals surface area (Å²) in [4.78, 5) is 1.80. The largest absolute Gasteiger partial charge is 0.673 e. The van der Waals surface area contributed by atoms with E-state index in [2.05, 4.69) is 0 Å². The van der Waals surface area contributed by atoms with Crippen molar-refractivity contribution < 1.29 is 43.9 Å². The van der Waals surface area contributed by atoms with Gasteiger partial charge in [-0.05, 0) is 0 Å². The molecule has 0 amide bonds. The SMILES string of the molecule is ClC[N+]12CC[NH+](CC1)CC2.F[B-](F)(F)F.F[B-](F)(F)F. The number of piperazine rings is 3. The number of alkyl halides is 1. The Morgan fingerprint density at radius 3 is 1.15 bits per heavy atom. The van der Waals surface area contributed by atoms with Crippen molar-refractivity contribution in [3.63, 3.8) is 0 Å². The molecule has 0 saturated carbocycles. The number of nitrogens with zero attached hydrogens (tertiary/aromatic N) is 1. The van der Waals surface area contributed by atoms with Crippen LogP contribution in [0.2, 0.25) is 0 Å². The average Bonchev–Trinajstić information content (AvgIpc) is 2.27. The number of quaternary nitrogens is 2. The summed E-state index contributed by atoms with van der Waals surface area (Å²) in [7, 11) is -12.0. The van der Waals surface area contributed by atoms with E-state index in [1.165, 1.54) is 43.8 Å². The van der Waals surface area contributed by atoms with Gasteiger partial charge < -0.3 is 39.4 Å². The van der Waals surface area contributed by atoms with Crippen molar-refractivity contribution >= 4 is 26.1 Å². The molecule has 20 heavy (non-hydrogen) atoms. The molecule has 0 aliphatic carbocycles. The third kappa shape index (κ3) is 11.6. The molecule has 0 unspecified atom stereocenters. The van der Waals surface area contributed by atoms with Crippen LogP contribution in [0.3, 0.4) is 0 Å². The van der Waals surface area contributed by atoms with Crippen molar-refractivity contribution in [2.24, 2.45) is 0 Å². The van der Waals surface area contributed by atoms with Crippen LogP contribution in [0.4, 0.5) is 34.5 Å². The van der Waals surface area contributed by atoms with E-state index >= 15 is 0 Å². The molecule has 0 aromatic carbocycles. The number of hydrogen-bond donors (Lipinski definition) is 1. The highest BCUT2D eigenvalue weighted by molar-refractivity contribution is 6.50. The van der Waals surface area contributed by atoms with Crippen molar-refractivity contribution in [1.29, 1.82) is 0 Å². The Balaban J connectivity index is 0.000000310. The summed E-state index contributed by atoms with van der Waals surface area (Å²) in [6.45, 7) is 8.02. The third-order valence-corrected chi connectivity index (χ3v) is 3.58. The molecular formula is C7H15B2ClF8N2. The zero-order valence-corrected chi connectivity index (χ0v) is 11.2. The lowest BCUT2D eigenvalue weighted by atomic mass is 10.2. The first-order valence-corrected chi connectivity index (χ1v) is 6.37. The highest BCUT2D eigenvalue weighted by Crippen LogP contribution is 2.10. The van der Waals surface area contributed by atoms with Crippen LogP contribution in [0.15, 0.2) is 0 Å². The molecule has 0 atom stereocenters. The summed E-state index contributed by atoms with van der Waals surface area (Å²) in [5.74, 6) is 0. The molecule has 1 N–H and O–H groups in total. The third-order valence-electron chi connectivity index (χ3n) is 3.07. The second kappa shape index (κ2) is 7.69. The van der Waals surface area contributed by atoms with Gasteiger partial charge in [0.25, 0.3) is 0 Å². The maximum absolute atomic E-state index is 9.75. The minimum absolute atomic E-state index is 0.841. The van der Waals surface area contributed by atoms with E-state index in [4.69, 9.17) is 11.6 Å². The van der Waals surface area contributed by atoms with Gasteiger partial charge in [-0.3, -0.25) is 4.48 Å². The molecule has 3 fully saturated rings. The molecule has 0 spiro atoms. The van der Waals surface area contributed by atoms with Crippen LogP contribution in [0.1, 0.15) is 0 Å². The molecule has 3 aliphatic rings. The molecule has 0 radical (unpaired) electrons. The Kier molecular flexibility index (Phi) is 7.61. The van der Waals surface area contributed by atoms with Crippen molar-refractivity contribution in [1.82, 2.24) is 0 Å². The van der Waals surface area contributed by atoms with Gasteiger partial charge in [-0.25, -0.2) is 0 Å². The Labute approximate surface area is 116 Å². The summed E-state index contributed by atoms with van der Waals surface area (Å²) < 4.78 is 79.2. The first kappa shape index (κ1) is 19.8. The number of hydrogen-bond acceptors (Lipinski definition) is 0. The molecule has 13 heteroatoms. The standard InChI is InChI=1S/C7H14ClN2.2BF4/c8-7-10-4-1-9(2-5-10)3-6-10;2*2-1(3,4)5/h1-7H2;;/q+1;2*-1/p+1. The lowest BCUT2D eigenvalue weighted by molar-refractivity contribution is -1.07. The van der Waals surface area contributed by atoms with Crippen molar-refractivity contribution in [2.45, 2.75) is 0 Å². The van der Waals surface area contributed by atoms with Crippen LogP contribution < -0.4 is 4.90 Å². The summed E-state index contributed by atoms with van der Waals surface area (Å²) in [5.41, 5.74) is 0. The Morgan fingerprint density at radius 2 is 1.00 bits per heavy atom. The van der Waals surface area contributed by atoms with Gasteiger partial charge in [0.1, 0.15) is 39.3 Å². The number of halogens is 9. The number of fused-ring (bicyclic) bond motifs is 3. The lowest BCUT2D eigenvalue weighted by Gasteiger charge is -2.46. The highest BCUT2D eigenvalue weighted by Gasteiger charge is 2.40. The molecule has 2 nitrogen and oxygen atoms in total. The summed E-state index contributed by atoms with van der Waals surface area (Å²) in [6, 6.07) is 0.841. The van der Waals surface area contributed by atoms with Crippen LogP contribution in [-0.2, 0) is 0 Å². The topological polar surface area (TPSA) is 4.44 Å². The maximum Gasteiger partial charge on any atom is 0.673 e. The molecule has 3 rings (SSSR count). The zero-order valence-electron chi connectivity index (χ0n) is 10.5. The molecule has 3 saturated heterocycles. The zero-order chi connectivity index (χ0) is 16.0. The van der Waals surface area contributed by atoms with E-state index in [0.29, 0.717) is 0 Å². The fraction of sp³-hybridized carbons (Fsp3) is 1.00.